The van der Waals surface area contributed by atoms with Crippen LogP contribution >= 0.6 is 0 Å². The van der Waals surface area contributed by atoms with Crippen molar-refractivity contribution < 1.29 is 22.8 Å². The van der Waals surface area contributed by atoms with Crippen LogP contribution in [-0.4, -0.2) is 62.1 Å². The zero-order valence-corrected chi connectivity index (χ0v) is 34.0. The third kappa shape index (κ3) is 10.6. The Labute approximate surface area is 274 Å². The minimum absolute atomic E-state index is 0.0546. The number of allylic oxidation sites excluding steroid dienone is 2. The van der Waals surface area contributed by atoms with Gasteiger partial charge in [-0.2, -0.15) is 0 Å². The van der Waals surface area contributed by atoms with Crippen LogP contribution in [0.2, 0.25) is 54.4 Å². The molecule has 1 aliphatic rings. The summed E-state index contributed by atoms with van der Waals surface area (Å²) in [5, 5.41) is 0.207. The zero-order chi connectivity index (χ0) is 33.8. The van der Waals surface area contributed by atoms with Crippen LogP contribution in [0, 0.1) is 0 Å². The fourth-order valence-electron chi connectivity index (χ4n) is 4.38. The number of rotatable bonds is 13. The molecule has 1 heterocycles. The summed E-state index contributed by atoms with van der Waals surface area (Å²) < 4.78 is 34.3. The van der Waals surface area contributed by atoms with Crippen molar-refractivity contribution in [2.24, 2.45) is 0 Å². The highest BCUT2D eigenvalue weighted by Crippen LogP contribution is 2.45. The first kappa shape index (κ1) is 39.3. The molecule has 0 N–H and O–H groups in total. The molecule has 5 atom stereocenters. The molecule has 0 aromatic heterocycles. The first-order valence-electron chi connectivity index (χ1n) is 16.5. The van der Waals surface area contributed by atoms with Crippen molar-refractivity contribution in [3.63, 3.8) is 0 Å². The maximum Gasteiger partial charge on any atom is 0.192 e. The normalized spacial score (nSPS) is 23.6. The maximum absolute atomic E-state index is 7.27. The molecule has 0 radical (unpaired) electrons. The van der Waals surface area contributed by atoms with Gasteiger partial charge in [-0.3, -0.25) is 0 Å². The van der Waals surface area contributed by atoms with E-state index < -0.39 is 25.0 Å². The highest BCUT2D eigenvalue weighted by Gasteiger charge is 2.55. The fraction of sp³-hybridized carbons (Fsp3) is 0.722. The van der Waals surface area contributed by atoms with Crippen LogP contribution in [0.3, 0.4) is 0 Å². The summed E-state index contributed by atoms with van der Waals surface area (Å²) in [4.78, 5) is 0. The fourth-order valence-corrected chi connectivity index (χ4v) is 8.40. The third-order valence-corrected chi connectivity index (χ3v) is 23.9. The SMILES string of the molecule is C[C@@H](O[Si](C)(C)C(C)(C)C)[C@@H]1O[C@H](/C=C/C=C/COCc2ccccc2)[C@H](O[Si](C)(C)C(C)(C)C)[C@H]1O[Si](C)(C)C(C)(C)C. The summed E-state index contributed by atoms with van der Waals surface area (Å²) in [6.07, 6.45) is 7.25. The summed E-state index contributed by atoms with van der Waals surface area (Å²) in [5.74, 6) is 0. The van der Waals surface area contributed by atoms with Gasteiger partial charge in [-0.1, -0.05) is 117 Å². The van der Waals surface area contributed by atoms with Gasteiger partial charge in [0.05, 0.1) is 19.3 Å². The molecule has 1 aromatic rings. The van der Waals surface area contributed by atoms with E-state index in [-0.39, 0.29) is 45.6 Å². The average molecular weight is 663 g/mol. The molecular weight excluding hydrogens is 597 g/mol. The summed E-state index contributed by atoms with van der Waals surface area (Å²) >= 11 is 0. The molecule has 1 saturated heterocycles. The van der Waals surface area contributed by atoms with E-state index in [1.165, 1.54) is 5.56 Å². The molecule has 1 aliphatic heterocycles. The van der Waals surface area contributed by atoms with Crippen molar-refractivity contribution in [3.8, 4) is 0 Å². The van der Waals surface area contributed by atoms with E-state index >= 15 is 0 Å². The van der Waals surface area contributed by atoms with E-state index in [1.54, 1.807) is 0 Å². The van der Waals surface area contributed by atoms with Gasteiger partial charge in [0.1, 0.15) is 24.4 Å². The largest absolute Gasteiger partial charge is 0.411 e. The lowest BCUT2D eigenvalue weighted by Crippen LogP contribution is -2.56. The van der Waals surface area contributed by atoms with E-state index in [4.69, 9.17) is 22.8 Å². The Morgan fingerprint density at radius 3 is 1.73 bits per heavy atom. The van der Waals surface area contributed by atoms with Gasteiger partial charge >= 0.3 is 0 Å². The van der Waals surface area contributed by atoms with E-state index in [1.807, 2.05) is 30.4 Å². The standard InChI is InChI=1S/C36H66O5Si3/c1-28(39-42(11,12)34(2,3)4)31-33(41-44(15,16)36(8,9)10)32(40-43(13,14)35(5,6)7)30(38-31)25-21-18-22-26-37-27-29-23-19-17-20-24-29/h17-25,28,30-33H,26-27H2,1-16H3/b22-18+,25-21+/t28-,30-,31+,32+,33+/m1/s1. The summed E-state index contributed by atoms with van der Waals surface area (Å²) in [5.41, 5.74) is 1.18. The van der Waals surface area contributed by atoms with Gasteiger partial charge in [-0.25, -0.2) is 0 Å². The van der Waals surface area contributed by atoms with Gasteiger partial charge in [-0.05, 0) is 66.9 Å². The summed E-state index contributed by atoms with van der Waals surface area (Å²) in [6.45, 7) is 37.9. The Morgan fingerprint density at radius 1 is 0.727 bits per heavy atom. The molecule has 2 rings (SSSR count). The lowest BCUT2D eigenvalue weighted by atomic mass is 10.0. The highest BCUT2D eigenvalue weighted by atomic mass is 28.4. The van der Waals surface area contributed by atoms with E-state index in [9.17, 15) is 0 Å². The molecule has 0 aliphatic carbocycles. The van der Waals surface area contributed by atoms with Crippen LogP contribution in [-0.2, 0) is 29.4 Å². The quantitative estimate of drug-likeness (QED) is 0.119. The molecule has 1 fully saturated rings. The van der Waals surface area contributed by atoms with Crippen molar-refractivity contribution in [2.45, 2.75) is 161 Å². The number of hydrogen-bond acceptors (Lipinski definition) is 5. The topological polar surface area (TPSA) is 46.2 Å². The highest BCUT2D eigenvalue weighted by molar-refractivity contribution is 6.75. The van der Waals surface area contributed by atoms with Crippen LogP contribution in [0.4, 0.5) is 0 Å². The first-order chi connectivity index (χ1) is 19.9. The summed E-state index contributed by atoms with van der Waals surface area (Å²) in [7, 11) is -6.38. The Bertz CT molecular complexity index is 1080. The smallest absolute Gasteiger partial charge is 0.192 e. The van der Waals surface area contributed by atoms with Crippen molar-refractivity contribution in [1.29, 1.82) is 0 Å². The van der Waals surface area contributed by atoms with Gasteiger partial charge in [0, 0.05) is 0 Å². The molecule has 44 heavy (non-hydrogen) atoms. The van der Waals surface area contributed by atoms with E-state index in [2.05, 4.69) is 133 Å². The Balaban J connectivity index is 2.40. The predicted octanol–water partition coefficient (Wildman–Crippen LogP) is 10.3. The number of ether oxygens (including phenoxy) is 2. The molecule has 0 saturated carbocycles. The van der Waals surface area contributed by atoms with E-state index in [0.717, 1.165) is 0 Å². The first-order valence-corrected chi connectivity index (χ1v) is 25.3. The monoisotopic (exact) mass is 662 g/mol. The molecule has 252 valence electrons. The molecule has 0 bridgehead atoms. The van der Waals surface area contributed by atoms with Crippen LogP contribution in [0.25, 0.3) is 0 Å². The molecule has 5 nitrogen and oxygen atoms in total. The van der Waals surface area contributed by atoms with Gasteiger partial charge < -0.3 is 22.8 Å². The average Bonchev–Trinajstić information content (AvgIpc) is 3.17. The van der Waals surface area contributed by atoms with Crippen LogP contribution in [0.1, 0.15) is 74.8 Å². The molecular formula is C36H66O5Si3. The van der Waals surface area contributed by atoms with Crippen molar-refractivity contribution in [2.75, 3.05) is 6.61 Å². The maximum atomic E-state index is 7.27. The lowest BCUT2D eigenvalue weighted by Gasteiger charge is -2.45. The second-order valence-corrected chi connectivity index (χ2v) is 31.4. The van der Waals surface area contributed by atoms with E-state index in [0.29, 0.717) is 13.2 Å². The van der Waals surface area contributed by atoms with Crippen molar-refractivity contribution >= 4 is 25.0 Å². The number of hydrogen-bond donors (Lipinski definition) is 0. The molecule has 8 heteroatoms. The molecule has 1 aromatic carbocycles. The molecule has 0 spiro atoms. The predicted molar refractivity (Wildman–Crippen MR) is 195 cm³/mol. The minimum Gasteiger partial charge on any atom is -0.411 e. The van der Waals surface area contributed by atoms with Gasteiger partial charge in [0.15, 0.2) is 25.0 Å². The zero-order valence-electron chi connectivity index (χ0n) is 31.0. The van der Waals surface area contributed by atoms with Gasteiger partial charge in [-0.15, -0.1) is 0 Å². The van der Waals surface area contributed by atoms with Crippen molar-refractivity contribution in [3.05, 3.63) is 60.2 Å². The Morgan fingerprint density at radius 2 is 1.23 bits per heavy atom. The number of benzene rings is 1. The van der Waals surface area contributed by atoms with Crippen LogP contribution < -0.4 is 0 Å². The Hall–Kier alpha value is -0.849. The van der Waals surface area contributed by atoms with Gasteiger partial charge in [0.2, 0.25) is 0 Å². The van der Waals surface area contributed by atoms with Crippen LogP contribution in [0.5, 0.6) is 0 Å². The molecule has 0 amide bonds. The van der Waals surface area contributed by atoms with Crippen molar-refractivity contribution in [1.82, 2.24) is 0 Å². The van der Waals surface area contributed by atoms with Gasteiger partial charge in [0.25, 0.3) is 0 Å². The second kappa shape index (κ2) is 14.9. The summed E-state index contributed by atoms with van der Waals surface area (Å²) in [6, 6.07) is 10.3. The Kier molecular flexibility index (Phi) is 13.3. The minimum atomic E-state index is -2.17. The lowest BCUT2D eigenvalue weighted by molar-refractivity contribution is -0.0414. The third-order valence-electron chi connectivity index (χ3n) is 10.4. The second-order valence-electron chi connectivity index (χ2n) is 17.1. The molecule has 0 unspecified atom stereocenters. The van der Waals surface area contributed by atoms with Crippen LogP contribution in [0.15, 0.2) is 54.6 Å².